The van der Waals surface area contributed by atoms with Crippen molar-refractivity contribution in [3.05, 3.63) is 22.9 Å². The van der Waals surface area contributed by atoms with E-state index < -0.39 is 15.9 Å². The van der Waals surface area contributed by atoms with E-state index in [1.165, 1.54) is 18.5 Å². The third-order valence-electron chi connectivity index (χ3n) is 2.67. The summed E-state index contributed by atoms with van der Waals surface area (Å²) in [5.41, 5.74) is 0. The van der Waals surface area contributed by atoms with Crippen LogP contribution in [0.2, 0.25) is 0 Å². The lowest BCUT2D eigenvalue weighted by molar-refractivity contribution is -0.120. The summed E-state index contributed by atoms with van der Waals surface area (Å²) in [6.07, 6.45) is 3.43. The van der Waals surface area contributed by atoms with E-state index >= 15 is 0 Å². The fourth-order valence-electron chi connectivity index (χ4n) is 1.49. The predicted octanol–water partition coefficient (Wildman–Crippen LogP) is 1.30. The zero-order valence-corrected chi connectivity index (χ0v) is 11.5. The smallest absolute Gasteiger partial charge is 0.265 e. The zero-order chi connectivity index (χ0) is 12.6. The number of aromatic nitrogens is 1. The van der Waals surface area contributed by atoms with E-state index in [9.17, 15) is 13.2 Å². The lowest BCUT2D eigenvalue weighted by Crippen LogP contribution is -2.32. The summed E-state index contributed by atoms with van der Waals surface area (Å²) in [4.78, 5) is 15.3. The Morgan fingerprint density at radius 1 is 1.53 bits per heavy atom. The van der Waals surface area contributed by atoms with Gasteiger partial charge in [0.25, 0.3) is 10.0 Å². The lowest BCUT2D eigenvalue weighted by Gasteiger charge is -2.06. The van der Waals surface area contributed by atoms with Crippen molar-refractivity contribution in [2.75, 3.05) is 0 Å². The number of nitrogens with one attached hydrogen (secondary N) is 1. The van der Waals surface area contributed by atoms with Gasteiger partial charge in [0.05, 0.1) is 0 Å². The normalized spacial score (nSPS) is 23.2. The second-order valence-electron chi connectivity index (χ2n) is 4.13. The first kappa shape index (κ1) is 12.5. The summed E-state index contributed by atoms with van der Waals surface area (Å²) in [6.45, 7) is 1.91. The quantitative estimate of drug-likeness (QED) is 0.911. The molecule has 2 rings (SSSR count). The van der Waals surface area contributed by atoms with Crippen LogP contribution in [0.1, 0.15) is 13.3 Å². The van der Waals surface area contributed by atoms with Crippen molar-refractivity contribution in [1.82, 2.24) is 9.71 Å². The molecule has 0 aromatic carbocycles. The second kappa shape index (κ2) is 4.38. The molecule has 0 radical (unpaired) electrons. The Balaban J connectivity index is 2.16. The van der Waals surface area contributed by atoms with E-state index in [4.69, 9.17) is 0 Å². The number of nitrogens with zero attached hydrogens (tertiary/aromatic N) is 1. The maximum Gasteiger partial charge on any atom is 0.265 e. The summed E-state index contributed by atoms with van der Waals surface area (Å²) in [6, 6.07) is 1.40. The van der Waals surface area contributed by atoms with Crippen molar-refractivity contribution >= 4 is 31.9 Å². The van der Waals surface area contributed by atoms with E-state index in [-0.39, 0.29) is 16.7 Å². The molecule has 92 valence electrons. The molecule has 0 spiro atoms. The van der Waals surface area contributed by atoms with E-state index in [2.05, 4.69) is 25.6 Å². The van der Waals surface area contributed by atoms with Crippen LogP contribution in [-0.4, -0.2) is 19.3 Å². The van der Waals surface area contributed by atoms with Gasteiger partial charge in [0.2, 0.25) is 5.91 Å². The molecule has 0 aliphatic heterocycles. The minimum atomic E-state index is -3.80. The first-order chi connectivity index (χ1) is 7.90. The average Bonchev–Trinajstić information content (AvgIpc) is 2.95. The average molecular weight is 319 g/mol. The van der Waals surface area contributed by atoms with Crippen LogP contribution in [0, 0.1) is 11.8 Å². The van der Waals surface area contributed by atoms with Gasteiger partial charge in [0.1, 0.15) is 4.90 Å². The van der Waals surface area contributed by atoms with Crippen molar-refractivity contribution in [2.24, 2.45) is 11.8 Å². The molecule has 5 nitrogen and oxygen atoms in total. The number of pyridine rings is 1. The molecule has 1 aromatic rings. The van der Waals surface area contributed by atoms with E-state index in [0.29, 0.717) is 4.47 Å². The van der Waals surface area contributed by atoms with Gasteiger partial charge in [0, 0.05) is 22.8 Å². The van der Waals surface area contributed by atoms with Gasteiger partial charge < -0.3 is 0 Å². The Hall–Kier alpha value is -0.950. The standard InChI is InChI=1S/C10H11BrN2O3S/c1-6-2-9(6)10(14)13-17(15,16)8-3-7(11)4-12-5-8/h3-6,9H,2H2,1H3,(H,13,14)/t6-,9-/m0/s1. The van der Waals surface area contributed by atoms with Gasteiger partial charge in [-0.2, -0.15) is 0 Å². The molecule has 7 heteroatoms. The zero-order valence-electron chi connectivity index (χ0n) is 9.05. The monoisotopic (exact) mass is 318 g/mol. The highest BCUT2D eigenvalue weighted by Gasteiger charge is 2.40. The van der Waals surface area contributed by atoms with E-state index in [0.717, 1.165) is 6.42 Å². The number of rotatable bonds is 3. The van der Waals surface area contributed by atoms with Crippen LogP contribution >= 0.6 is 15.9 Å². The number of carbonyl (C=O) groups is 1. The summed E-state index contributed by atoms with van der Waals surface area (Å²) in [5.74, 6) is -0.340. The molecular weight excluding hydrogens is 308 g/mol. The maximum absolute atomic E-state index is 11.8. The van der Waals surface area contributed by atoms with Gasteiger partial charge in [-0.1, -0.05) is 6.92 Å². The molecule has 1 aliphatic rings. The SMILES string of the molecule is C[C@H]1C[C@@H]1C(=O)NS(=O)(=O)c1cncc(Br)c1. The van der Waals surface area contributed by atoms with Crippen LogP contribution < -0.4 is 4.72 Å². The first-order valence-electron chi connectivity index (χ1n) is 5.07. The molecule has 0 unspecified atom stereocenters. The summed E-state index contributed by atoms with van der Waals surface area (Å²) >= 11 is 3.13. The Kier molecular flexibility index (Phi) is 3.22. The van der Waals surface area contributed by atoms with Gasteiger partial charge in [-0.15, -0.1) is 0 Å². The van der Waals surface area contributed by atoms with Crippen molar-refractivity contribution < 1.29 is 13.2 Å². The largest absolute Gasteiger partial charge is 0.274 e. The number of halogens is 1. The maximum atomic E-state index is 11.8. The van der Waals surface area contributed by atoms with Crippen LogP contribution in [0.15, 0.2) is 27.8 Å². The number of amides is 1. The second-order valence-corrected chi connectivity index (χ2v) is 6.73. The van der Waals surface area contributed by atoms with Gasteiger partial charge in [-0.3, -0.25) is 9.78 Å². The summed E-state index contributed by atoms with van der Waals surface area (Å²) in [7, 11) is -3.80. The first-order valence-corrected chi connectivity index (χ1v) is 7.35. The molecule has 1 aromatic heterocycles. The Morgan fingerprint density at radius 3 is 2.71 bits per heavy atom. The van der Waals surface area contributed by atoms with Crippen LogP contribution in [-0.2, 0) is 14.8 Å². The highest BCUT2D eigenvalue weighted by atomic mass is 79.9. The molecule has 17 heavy (non-hydrogen) atoms. The van der Waals surface area contributed by atoms with Crippen molar-refractivity contribution in [1.29, 1.82) is 0 Å². The number of sulfonamides is 1. The highest BCUT2D eigenvalue weighted by molar-refractivity contribution is 9.10. The van der Waals surface area contributed by atoms with Crippen molar-refractivity contribution in [3.8, 4) is 0 Å². The minimum absolute atomic E-state index is 0.0199. The lowest BCUT2D eigenvalue weighted by atomic mass is 10.3. The van der Waals surface area contributed by atoms with Gasteiger partial charge in [0.15, 0.2) is 0 Å². The molecule has 1 fully saturated rings. The topological polar surface area (TPSA) is 76.1 Å². The third-order valence-corrected chi connectivity index (χ3v) is 4.42. The molecule has 2 atom stereocenters. The molecule has 1 aliphatic carbocycles. The van der Waals surface area contributed by atoms with Crippen LogP contribution in [0.3, 0.4) is 0 Å². The van der Waals surface area contributed by atoms with Crippen LogP contribution in [0.25, 0.3) is 0 Å². The van der Waals surface area contributed by atoms with E-state index in [1.807, 2.05) is 6.92 Å². The van der Waals surface area contributed by atoms with E-state index in [1.54, 1.807) is 0 Å². The number of carbonyl (C=O) groups excluding carboxylic acids is 1. The Bertz CT molecular complexity index is 558. The van der Waals surface area contributed by atoms with Gasteiger partial charge >= 0.3 is 0 Å². The molecule has 1 saturated carbocycles. The molecule has 1 heterocycles. The molecule has 1 amide bonds. The fraction of sp³-hybridized carbons (Fsp3) is 0.400. The molecular formula is C10H11BrN2O3S. The number of hydrogen-bond acceptors (Lipinski definition) is 4. The minimum Gasteiger partial charge on any atom is -0.274 e. The van der Waals surface area contributed by atoms with Crippen molar-refractivity contribution in [3.63, 3.8) is 0 Å². The van der Waals surface area contributed by atoms with Gasteiger partial charge in [-0.25, -0.2) is 13.1 Å². The van der Waals surface area contributed by atoms with Crippen LogP contribution in [0.5, 0.6) is 0 Å². The Morgan fingerprint density at radius 2 is 2.18 bits per heavy atom. The summed E-state index contributed by atoms with van der Waals surface area (Å²) < 4.78 is 26.3. The number of hydrogen-bond donors (Lipinski definition) is 1. The van der Waals surface area contributed by atoms with Crippen molar-refractivity contribution in [2.45, 2.75) is 18.2 Å². The Labute approximate surface area is 108 Å². The predicted molar refractivity (Wildman–Crippen MR) is 64.5 cm³/mol. The molecule has 1 N–H and O–H groups in total. The summed E-state index contributed by atoms with van der Waals surface area (Å²) in [5, 5.41) is 0. The molecule has 0 bridgehead atoms. The third kappa shape index (κ3) is 2.84. The molecule has 0 saturated heterocycles. The fourth-order valence-corrected chi connectivity index (χ4v) is 3.03. The van der Waals surface area contributed by atoms with Gasteiger partial charge in [-0.05, 0) is 34.3 Å². The van der Waals surface area contributed by atoms with Crippen LogP contribution in [0.4, 0.5) is 0 Å². The highest BCUT2D eigenvalue weighted by Crippen LogP contribution is 2.37.